The quantitative estimate of drug-likeness (QED) is 0.456. The predicted octanol–water partition coefficient (Wildman–Crippen LogP) is 5.47. The molecule has 1 saturated heterocycles. The van der Waals surface area contributed by atoms with Crippen molar-refractivity contribution in [1.82, 2.24) is 9.80 Å². The molecule has 1 aromatic rings. The first kappa shape index (κ1) is 23.4. The van der Waals surface area contributed by atoms with Crippen LogP contribution in [0.15, 0.2) is 24.3 Å². The highest BCUT2D eigenvalue weighted by atomic mass is 35.5. The van der Waals surface area contributed by atoms with Crippen molar-refractivity contribution < 1.29 is 14.3 Å². The largest absolute Gasteiger partial charge is 0.414 e. The summed E-state index contributed by atoms with van der Waals surface area (Å²) in [4.78, 5) is 16.6. The number of carbonyl (C=O) groups excluding carboxylic acids is 1. The molecule has 168 valence electrons. The maximum Gasteiger partial charge on any atom is 0.414 e. The van der Waals surface area contributed by atoms with Gasteiger partial charge in [0.2, 0.25) is 0 Å². The van der Waals surface area contributed by atoms with Crippen molar-refractivity contribution >= 4 is 17.7 Å². The molecule has 0 atom stereocenters. The zero-order chi connectivity index (χ0) is 21.2. The highest BCUT2D eigenvalue weighted by Crippen LogP contribution is 2.29. The number of hydrogen-bond acceptors (Lipinski definition) is 4. The van der Waals surface area contributed by atoms with Crippen LogP contribution in [0, 0.1) is 11.8 Å². The molecule has 1 amide bonds. The smallest absolute Gasteiger partial charge is 0.410 e. The number of amides is 1. The van der Waals surface area contributed by atoms with Gasteiger partial charge in [0.25, 0.3) is 0 Å². The molecule has 1 saturated carbocycles. The Kier molecular flexibility index (Phi) is 9.76. The van der Waals surface area contributed by atoms with Gasteiger partial charge in [0.05, 0.1) is 0 Å². The third-order valence-electron chi connectivity index (χ3n) is 6.39. The van der Waals surface area contributed by atoms with Crippen molar-refractivity contribution in [3.8, 4) is 5.75 Å². The number of rotatable bonds is 10. The van der Waals surface area contributed by atoms with Crippen LogP contribution in [0.4, 0.5) is 4.79 Å². The van der Waals surface area contributed by atoms with E-state index in [1.807, 2.05) is 7.05 Å². The normalized spacial score (nSPS) is 22.2. The number of likely N-dealkylation sites (tertiary alicyclic amines) is 1. The lowest BCUT2D eigenvalue weighted by molar-refractivity contribution is 0.0707. The SMILES string of the molecule is CN(CC1CCC(COCCCCN2CCCC2)CC1)C(=O)Oc1ccc(Cl)cc1. The van der Waals surface area contributed by atoms with Crippen LogP contribution in [0.25, 0.3) is 0 Å². The molecule has 2 aliphatic rings. The molecule has 1 heterocycles. The summed E-state index contributed by atoms with van der Waals surface area (Å²) in [5.74, 6) is 1.74. The Balaban J connectivity index is 1.23. The number of benzene rings is 1. The molecule has 2 fully saturated rings. The van der Waals surface area contributed by atoms with E-state index in [0.717, 1.165) is 32.6 Å². The molecule has 30 heavy (non-hydrogen) atoms. The van der Waals surface area contributed by atoms with Gasteiger partial charge in [-0.15, -0.1) is 0 Å². The van der Waals surface area contributed by atoms with Gasteiger partial charge < -0.3 is 19.3 Å². The second-order valence-electron chi connectivity index (χ2n) is 8.92. The Labute approximate surface area is 186 Å². The Hall–Kier alpha value is -1.30. The number of carbonyl (C=O) groups is 1. The summed E-state index contributed by atoms with van der Waals surface area (Å²) in [7, 11) is 1.82. The summed E-state index contributed by atoms with van der Waals surface area (Å²) in [6, 6.07) is 6.87. The molecule has 0 unspecified atom stereocenters. The van der Waals surface area contributed by atoms with E-state index in [9.17, 15) is 4.79 Å². The third-order valence-corrected chi connectivity index (χ3v) is 6.65. The molecule has 5 nitrogen and oxygen atoms in total. The van der Waals surface area contributed by atoms with E-state index < -0.39 is 0 Å². The average molecular weight is 437 g/mol. The van der Waals surface area contributed by atoms with E-state index in [-0.39, 0.29) is 6.09 Å². The number of halogens is 1. The van der Waals surface area contributed by atoms with Crippen molar-refractivity contribution in [2.24, 2.45) is 11.8 Å². The summed E-state index contributed by atoms with van der Waals surface area (Å²) in [5, 5.41) is 0.631. The summed E-state index contributed by atoms with van der Waals surface area (Å²) in [6.07, 6.45) is 9.56. The first-order valence-electron chi connectivity index (χ1n) is 11.6. The van der Waals surface area contributed by atoms with Gasteiger partial charge in [-0.2, -0.15) is 0 Å². The standard InChI is InChI=1S/C24H37ClN2O3/c1-26(24(28)30-23-12-10-22(25)11-13-23)18-20-6-8-21(9-7-20)19-29-17-5-4-16-27-14-2-3-15-27/h10-13,20-21H,2-9,14-19H2,1H3. The average Bonchev–Trinajstić information content (AvgIpc) is 3.27. The molecule has 3 rings (SSSR count). The Bertz CT molecular complexity index is 626. The van der Waals surface area contributed by atoms with Crippen molar-refractivity contribution in [2.45, 2.75) is 51.4 Å². The molecule has 1 aliphatic carbocycles. The van der Waals surface area contributed by atoms with Crippen molar-refractivity contribution in [3.05, 3.63) is 29.3 Å². The second kappa shape index (κ2) is 12.5. The first-order valence-corrected chi connectivity index (χ1v) is 12.0. The maximum atomic E-state index is 12.3. The summed E-state index contributed by atoms with van der Waals surface area (Å²) in [6.45, 7) is 6.35. The highest BCUT2D eigenvalue weighted by molar-refractivity contribution is 6.30. The number of unbranched alkanes of at least 4 members (excludes halogenated alkanes) is 1. The monoisotopic (exact) mass is 436 g/mol. The van der Waals surface area contributed by atoms with Crippen LogP contribution in [-0.2, 0) is 4.74 Å². The van der Waals surface area contributed by atoms with Crippen LogP contribution >= 0.6 is 11.6 Å². The lowest BCUT2D eigenvalue weighted by atomic mass is 9.82. The van der Waals surface area contributed by atoms with Crippen LogP contribution in [0.2, 0.25) is 5.02 Å². The van der Waals surface area contributed by atoms with E-state index in [1.54, 1.807) is 29.2 Å². The Morgan fingerprint density at radius 3 is 2.43 bits per heavy atom. The molecule has 0 radical (unpaired) electrons. The van der Waals surface area contributed by atoms with Crippen molar-refractivity contribution in [3.63, 3.8) is 0 Å². The summed E-state index contributed by atoms with van der Waals surface area (Å²) >= 11 is 5.87. The minimum atomic E-state index is -0.309. The van der Waals surface area contributed by atoms with Gasteiger partial charge in [0.15, 0.2) is 0 Å². The third kappa shape index (κ3) is 8.09. The Morgan fingerprint density at radius 1 is 1.07 bits per heavy atom. The molecule has 0 spiro atoms. The lowest BCUT2D eigenvalue weighted by Gasteiger charge is -2.30. The maximum absolute atomic E-state index is 12.3. The molecular weight excluding hydrogens is 400 g/mol. The van der Waals surface area contributed by atoms with Gasteiger partial charge in [-0.1, -0.05) is 11.6 Å². The van der Waals surface area contributed by atoms with Crippen LogP contribution in [0.3, 0.4) is 0 Å². The van der Waals surface area contributed by atoms with Gasteiger partial charge in [-0.25, -0.2) is 4.79 Å². The van der Waals surface area contributed by atoms with E-state index in [4.69, 9.17) is 21.1 Å². The topological polar surface area (TPSA) is 42.0 Å². The predicted molar refractivity (Wildman–Crippen MR) is 121 cm³/mol. The molecule has 0 bridgehead atoms. The summed E-state index contributed by atoms with van der Waals surface area (Å²) < 4.78 is 11.4. The van der Waals surface area contributed by atoms with Gasteiger partial charge in [-0.05, 0) is 107 Å². The van der Waals surface area contributed by atoms with Crippen molar-refractivity contribution in [1.29, 1.82) is 0 Å². The fraction of sp³-hybridized carbons (Fsp3) is 0.708. The van der Waals surface area contributed by atoms with Crippen molar-refractivity contribution in [2.75, 3.05) is 46.4 Å². The van der Waals surface area contributed by atoms with Crippen LogP contribution in [0.1, 0.15) is 51.4 Å². The minimum absolute atomic E-state index is 0.309. The summed E-state index contributed by atoms with van der Waals surface area (Å²) in [5.41, 5.74) is 0. The van der Waals surface area contributed by atoms with E-state index >= 15 is 0 Å². The number of ether oxygens (including phenoxy) is 2. The molecule has 1 aliphatic heterocycles. The van der Waals surface area contributed by atoms with Gasteiger partial charge in [0.1, 0.15) is 5.75 Å². The lowest BCUT2D eigenvalue weighted by Crippen LogP contribution is -2.35. The Morgan fingerprint density at radius 2 is 1.73 bits per heavy atom. The molecule has 1 aromatic carbocycles. The molecule has 6 heteroatoms. The van der Waals surface area contributed by atoms with E-state index in [2.05, 4.69) is 4.90 Å². The highest BCUT2D eigenvalue weighted by Gasteiger charge is 2.24. The minimum Gasteiger partial charge on any atom is -0.410 e. The zero-order valence-electron chi connectivity index (χ0n) is 18.4. The van der Waals surface area contributed by atoms with Gasteiger partial charge >= 0.3 is 6.09 Å². The van der Waals surface area contributed by atoms with Gasteiger partial charge in [-0.3, -0.25) is 0 Å². The molecule has 0 N–H and O–H groups in total. The zero-order valence-corrected chi connectivity index (χ0v) is 19.1. The first-order chi connectivity index (χ1) is 14.6. The van der Waals surface area contributed by atoms with Crippen LogP contribution in [0.5, 0.6) is 5.75 Å². The molecule has 0 aromatic heterocycles. The number of hydrogen-bond donors (Lipinski definition) is 0. The van der Waals surface area contributed by atoms with Gasteiger partial charge in [0, 0.05) is 31.8 Å². The van der Waals surface area contributed by atoms with E-state index in [0.29, 0.717) is 22.6 Å². The number of nitrogens with zero attached hydrogens (tertiary/aromatic N) is 2. The fourth-order valence-corrected chi connectivity index (χ4v) is 4.65. The fourth-order valence-electron chi connectivity index (χ4n) is 4.52. The van der Waals surface area contributed by atoms with E-state index in [1.165, 1.54) is 58.2 Å². The van der Waals surface area contributed by atoms with Crippen LogP contribution in [-0.4, -0.2) is 62.3 Å². The molecular formula is C24H37ClN2O3. The second-order valence-corrected chi connectivity index (χ2v) is 9.36. The van der Waals surface area contributed by atoms with Crippen LogP contribution < -0.4 is 4.74 Å².